The number of nitrogens with zero attached hydrogens (tertiary/aromatic N) is 3. The maximum Gasteiger partial charge on any atom is 0.299 e. The van der Waals surface area contributed by atoms with Crippen LogP contribution in [-0.4, -0.2) is 34.8 Å². The van der Waals surface area contributed by atoms with Crippen molar-refractivity contribution in [3.63, 3.8) is 0 Å². The Morgan fingerprint density at radius 1 is 1.09 bits per heavy atom. The van der Waals surface area contributed by atoms with E-state index in [1.54, 1.807) is 18.2 Å². The highest BCUT2D eigenvalue weighted by atomic mass is 16.5. The molecule has 0 aliphatic heterocycles. The molecule has 170 valence electrons. The fraction of sp³-hybridized carbons (Fsp3) is 0.250. The first-order valence-corrected chi connectivity index (χ1v) is 10.5. The van der Waals surface area contributed by atoms with Gasteiger partial charge in [0, 0.05) is 30.3 Å². The zero-order valence-corrected chi connectivity index (χ0v) is 18.6. The molecule has 0 radical (unpaired) electrons. The molecular weight excluding hydrogens is 424 g/mol. The fourth-order valence-corrected chi connectivity index (χ4v) is 3.46. The number of aryl methyl sites for hydroxylation is 2. The number of fused-ring (bicyclic) bond motifs is 1. The largest absolute Gasteiger partial charge is 0.493 e. The number of aromatic nitrogens is 3. The number of nitrogens with one attached hydrogen (secondary N) is 1. The normalized spacial score (nSPS) is 10.9. The van der Waals surface area contributed by atoms with E-state index in [1.807, 2.05) is 24.3 Å². The second-order valence-electron chi connectivity index (χ2n) is 7.37. The number of anilines is 1. The smallest absolute Gasteiger partial charge is 0.299 e. The summed E-state index contributed by atoms with van der Waals surface area (Å²) in [5, 5.41) is 6.84. The SMILES string of the molecule is CCc1ccc(-c2noc3c(=O)n(CCC(=O)Nc4ccc(OC)c(OC)c4)cnc23)cc1. The zero-order chi connectivity index (χ0) is 23.4. The van der Waals surface area contributed by atoms with Gasteiger partial charge in [0.25, 0.3) is 11.1 Å². The molecule has 0 fully saturated rings. The number of ether oxygens (including phenoxy) is 2. The summed E-state index contributed by atoms with van der Waals surface area (Å²) >= 11 is 0. The molecule has 2 aromatic carbocycles. The van der Waals surface area contributed by atoms with Gasteiger partial charge in [0.15, 0.2) is 11.5 Å². The maximum atomic E-state index is 12.8. The zero-order valence-electron chi connectivity index (χ0n) is 18.6. The van der Waals surface area contributed by atoms with Crippen LogP contribution >= 0.6 is 0 Å². The van der Waals surface area contributed by atoms with Crippen LogP contribution in [0.4, 0.5) is 5.69 Å². The molecule has 2 aromatic heterocycles. The molecule has 0 saturated heterocycles. The Morgan fingerprint density at radius 3 is 2.55 bits per heavy atom. The molecule has 1 N–H and O–H groups in total. The van der Waals surface area contributed by atoms with E-state index in [4.69, 9.17) is 14.0 Å². The van der Waals surface area contributed by atoms with Crippen LogP contribution in [0.25, 0.3) is 22.4 Å². The quantitative estimate of drug-likeness (QED) is 0.438. The lowest BCUT2D eigenvalue weighted by Crippen LogP contribution is -2.23. The van der Waals surface area contributed by atoms with Gasteiger partial charge in [-0.15, -0.1) is 0 Å². The summed E-state index contributed by atoms with van der Waals surface area (Å²) in [6.07, 6.45) is 2.42. The topological polar surface area (TPSA) is 108 Å². The molecule has 0 bridgehead atoms. The second-order valence-corrected chi connectivity index (χ2v) is 7.37. The van der Waals surface area contributed by atoms with Crippen molar-refractivity contribution in [1.82, 2.24) is 14.7 Å². The van der Waals surface area contributed by atoms with E-state index in [-0.39, 0.29) is 30.0 Å². The summed E-state index contributed by atoms with van der Waals surface area (Å²) in [6.45, 7) is 2.22. The van der Waals surface area contributed by atoms with Crippen LogP contribution in [0.1, 0.15) is 18.9 Å². The van der Waals surface area contributed by atoms with Gasteiger partial charge in [-0.2, -0.15) is 0 Å². The van der Waals surface area contributed by atoms with Gasteiger partial charge in [-0.1, -0.05) is 36.3 Å². The third kappa shape index (κ3) is 4.57. The van der Waals surface area contributed by atoms with Crippen molar-refractivity contribution in [2.24, 2.45) is 0 Å². The lowest BCUT2D eigenvalue weighted by atomic mass is 10.1. The Morgan fingerprint density at radius 2 is 1.85 bits per heavy atom. The number of carbonyl (C=O) groups excluding carboxylic acids is 1. The summed E-state index contributed by atoms with van der Waals surface area (Å²) < 4.78 is 17.1. The van der Waals surface area contributed by atoms with Crippen LogP contribution in [0.15, 0.2) is 58.1 Å². The van der Waals surface area contributed by atoms with Gasteiger partial charge >= 0.3 is 0 Å². The molecule has 4 aromatic rings. The van der Waals surface area contributed by atoms with Crippen molar-refractivity contribution >= 4 is 22.7 Å². The summed E-state index contributed by atoms with van der Waals surface area (Å²) in [7, 11) is 3.06. The van der Waals surface area contributed by atoms with Gasteiger partial charge in [-0.25, -0.2) is 4.98 Å². The minimum absolute atomic E-state index is 0.0624. The molecular formula is C24H24N4O5. The molecule has 0 spiro atoms. The third-order valence-electron chi connectivity index (χ3n) is 5.33. The van der Waals surface area contributed by atoms with E-state index in [1.165, 1.54) is 30.7 Å². The van der Waals surface area contributed by atoms with Crippen LogP contribution in [0.5, 0.6) is 11.5 Å². The van der Waals surface area contributed by atoms with E-state index < -0.39 is 0 Å². The summed E-state index contributed by atoms with van der Waals surface area (Å²) in [6, 6.07) is 13.0. The highest BCUT2D eigenvalue weighted by molar-refractivity contribution is 5.91. The first kappa shape index (κ1) is 22.1. The monoisotopic (exact) mass is 448 g/mol. The Balaban J connectivity index is 1.47. The van der Waals surface area contributed by atoms with Crippen molar-refractivity contribution in [2.75, 3.05) is 19.5 Å². The van der Waals surface area contributed by atoms with Crippen molar-refractivity contribution in [2.45, 2.75) is 26.3 Å². The van der Waals surface area contributed by atoms with Crippen molar-refractivity contribution < 1.29 is 18.8 Å². The molecule has 9 heteroatoms. The Kier molecular flexibility index (Phi) is 6.39. The van der Waals surface area contributed by atoms with Crippen molar-refractivity contribution in [3.8, 4) is 22.8 Å². The maximum absolute atomic E-state index is 12.8. The molecule has 0 atom stereocenters. The van der Waals surface area contributed by atoms with Gasteiger partial charge in [-0.3, -0.25) is 14.2 Å². The number of carbonyl (C=O) groups is 1. The predicted octanol–water partition coefficient (Wildman–Crippen LogP) is 3.66. The van der Waals surface area contributed by atoms with Crippen LogP contribution in [0.3, 0.4) is 0 Å². The average molecular weight is 448 g/mol. The van der Waals surface area contributed by atoms with E-state index in [2.05, 4.69) is 22.4 Å². The number of hydrogen-bond acceptors (Lipinski definition) is 7. The van der Waals surface area contributed by atoms with E-state index in [0.717, 1.165) is 12.0 Å². The first-order chi connectivity index (χ1) is 16.0. The minimum Gasteiger partial charge on any atom is -0.493 e. The molecule has 0 unspecified atom stereocenters. The van der Waals surface area contributed by atoms with Gasteiger partial charge in [-0.05, 0) is 24.1 Å². The van der Waals surface area contributed by atoms with Crippen LogP contribution in [0, 0.1) is 0 Å². The average Bonchev–Trinajstić information content (AvgIpc) is 3.28. The van der Waals surface area contributed by atoms with Crippen molar-refractivity contribution in [1.29, 1.82) is 0 Å². The number of benzene rings is 2. The van der Waals surface area contributed by atoms with E-state index >= 15 is 0 Å². The molecule has 2 heterocycles. The van der Waals surface area contributed by atoms with Gasteiger partial charge in [0.05, 0.1) is 20.5 Å². The van der Waals surface area contributed by atoms with Gasteiger partial charge in [0.1, 0.15) is 11.2 Å². The molecule has 4 rings (SSSR count). The molecule has 1 amide bonds. The third-order valence-corrected chi connectivity index (χ3v) is 5.33. The molecule has 0 aliphatic rings. The predicted molar refractivity (Wildman–Crippen MR) is 124 cm³/mol. The van der Waals surface area contributed by atoms with Crippen LogP contribution in [-0.2, 0) is 17.8 Å². The minimum atomic E-state index is -0.386. The van der Waals surface area contributed by atoms with E-state index in [0.29, 0.717) is 28.4 Å². The summed E-state index contributed by atoms with van der Waals surface area (Å²) in [5.74, 6) is 0.810. The Labute approximate surface area is 189 Å². The van der Waals surface area contributed by atoms with Gasteiger partial charge < -0.3 is 19.3 Å². The van der Waals surface area contributed by atoms with Crippen molar-refractivity contribution in [3.05, 3.63) is 64.7 Å². The van der Waals surface area contributed by atoms with Crippen LogP contribution < -0.4 is 20.3 Å². The standard InChI is InChI=1S/C24H24N4O5/c1-4-15-5-7-16(8-6-15)21-22-23(33-27-21)24(30)28(14-25-22)12-11-20(29)26-17-9-10-18(31-2)19(13-17)32-3/h5-10,13-14H,4,11-12H2,1-3H3,(H,26,29). The Bertz CT molecular complexity index is 1340. The Hall–Kier alpha value is -4.14. The molecule has 33 heavy (non-hydrogen) atoms. The number of hydrogen-bond donors (Lipinski definition) is 1. The lowest BCUT2D eigenvalue weighted by Gasteiger charge is -2.11. The molecule has 0 aliphatic carbocycles. The summed E-state index contributed by atoms with van der Waals surface area (Å²) in [5.41, 5.74) is 3.18. The highest BCUT2D eigenvalue weighted by Gasteiger charge is 2.17. The number of methoxy groups -OCH3 is 2. The first-order valence-electron chi connectivity index (χ1n) is 10.5. The van der Waals surface area contributed by atoms with Gasteiger partial charge in [0.2, 0.25) is 5.91 Å². The fourth-order valence-electron chi connectivity index (χ4n) is 3.46. The number of rotatable bonds is 8. The highest BCUT2D eigenvalue weighted by Crippen LogP contribution is 2.30. The number of amides is 1. The van der Waals surface area contributed by atoms with Crippen LogP contribution in [0.2, 0.25) is 0 Å². The molecule has 0 saturated carbocycles. The summed E-state index contributed by atoms with van der Waals surface area (Å²) in [4.78, 5) is 29.6. The lowest BCUT2D eigenvalue weighted by molar-refractivity contribution is -0.116. The molecule has 9 nitrogen and oxygen atoms in total. The second kappa shape index (κ2) is 9.56. The van der Waals surface area contributed by atoms with E-state index in [9.17, 15) is 9.59 Å².